The van der Waals surface area contributed by atoms with Crippen molar-refractivity contribution in [2.45, 2.75) is 19.3 Å². The molecule has 3 rings (SSSR count). The molecular formula is C19H21F3N4O4. The van der Waals surface area contributed by atoms with Crippen LogP contribution in [-0.4, -0.2) is 48.9 Å². The van der Waals surface area contributed by atoms with Gasteiger partial charge in [0.05, 0.1) is 36.8 Å². The molecule has 0 saturated carbocycles. The molecule has 0 spiro atoms. The number of nitrogens with zero attached hydrogens (tertiary/aromatic N) is 3. The van der Waals surface area contributed by atoms with Gasteiger partial charge in [-0.05, 0) is 12.1 Å². The third-order valence-electron chi connectivity index (χ3n) is 4.44. The minimum atomic E-state index is -4.62. The molecule has 1 aromatic heterocycles. The van der Waals surface area contributed by atoms with Gasteiger partial charge in [-0.3, -0.25) is 14.2 Å². The van der Waals surface area contributed by atoms with Crippen molar-refractivity contribution in [3.8, 4) is 0 Å². The van der Waals surface area contributed by atoms with Crippen LogP contribution < -0.4 is 15.8 Å². The van der Waals surface area contributed by atoms with E-state index in [4.69, 9.17) is 9.47 Å². The van der Waals surface area contributed by atoms with Crippen molar-refractivity contribution < 1.29 is 27.4 Å². The number of ether oxygens (including phenoxy) is 2. The van der Waals surface area contributed by atoms with Gasteiger partial charge in [0.1, 0.15) is 6.54 Å². The van der Waals surface area contributed by atoms with Crippen LogP contribution in [0.3, 0.4) is 0 Å². The summed E-state index contributed by atoms with van der Waals surface area (Å²) in [4.78, 5) is 31.4. The van der Waals surface area contributed by atoms with Crippen LogP contribution in [0.15, 0.2) is 35.1 Å². The number of amides is 1. The zero-order valence-electron chi connectivity index (χ0n) is 16.2. The fourth-order valence-corrected chi connectivity index (χ4v) is 3.09. The number of carbonyl (C=O) groups is 1. The molecular weight excluding hydrogens is 405 g/mol. The van der Waals surface area contributed by atoms with Crippen molar-refractivity contribution >= 4 is 17.5 Å². The van der Waals surface area contributed by atoms with Gasteiger partial charge in [-0.1, -0.05) is 12.1 Å². The smallest absolute Gasteiger partial charge is 0.378 e. The Morgan fingerprint density at radius 1 is 1.27 bits per heavy atom. The molecule has 0 aliphatic carbocycles. The number of alkyl halides is 3. The van der Waals surface area contributed by atoms with Crippen molar-refractivity contribution in [3.05, 3.63) is 51.9 Å². The fraction of sp³-hybridized carbons (Fsp3) is 0.421. The number of aromatic nitrogens is 2. The minimum Gasteiger partial charge on any atom is -0.378 e. The maximum atomic E-state index is 13.2. The number of morpholine rings is 1. The molecule has 162 valence electrons. The lowest BCUT2D eigenvalue weighted by Gasteiger charge is -2.29. The summed E-state index contributed by atoms with van der Waals surface area (Å²) < 4.78 is 51.0. The fourth-order valence-electron chi connectivity index (χ4n) is 3.09. The van der Waals surface area contributed by atoms with Gasteiger partial charge in [0.2, 0.25) is 11.9 Å². The highest BCUT2D eigenvalue weighted by Gasteiger charge is 2.33. The molecule has 1 amide bonds. The highest BCUT2D eigenvalue weighted by molar-refractivity contribution is 5.91. The zero-order chi connectivity index (χ0) is 21.7. The quantitative estimate of drug-likeness (QED) is 0.759. The van der Waals surface area contributed by atoms with Gasteiger partial charge in [-0.2, -0.15) is 13.2 Å². The second kappa shape index (κ2) is 9.26. The van der Waals surface area contributed by atoms with E-state index >= 15 is 0 Å². The molecule has 0 bridgehead atoms. The minimum absolute atomic E-state index is 0.110. The van der Waals surface area contributed by atoms with Crippen molar-refractivity contribution in [3.63, 3.8) is 0 Å². The summed E-state index contributed by atoms with van der Waals surface area (Å²) in [5, 5.41) is 2.25. The maximum Gasteiger partial charge on any atom is 0.418 e. The Kier molecular flexibility index (Phi) is 6.73. The normalized spacial score (nSPS) is 14.6. The van der Waals surface area contributed by atoms with Crippen LogP contribution in [0.4, 0.5) is 24.8 Å². The van der Waals surface area contributed by atoms with Crippen molar-refractivity contribution in [2.75, 3.05) is 43.6 Å². The van der Waals surface area contributed by atoms with E-state index in [-0.39, 0.29) is 18.2 Å². The number of rotatable bonds is 6. The van der Waals surface area contributed by atoms with E-state index < -0.39 is 29.8 Å². The summed E-state index contributed by atoms with van der Waals surface area (Å²) in [5.41, 5.74) is -1.45. The van der Waals surface area contributed by atoms with Gasteiger partial charge in [-0.25, -0.2) is 4.98 Å². The predicted molar refractivity (Wildman–Crippen MR) is 102 cm³/mol. The third-order valence-corrected chi connectivity index (χ3v) is 4.44. The molecule has 1 fully saturated rings. The number of nitrogens with one attached hydrogen (secondary N) is 1. The van der Waals surface area contributed by atoms with Gasteiger partial charge in [0.15, 0.2) is 0 Å². The average Bonchev–Trinajstić information content (AvgIpc) is 2.70. The zero-order valence-corrected chi connectivity index (χ0v) is 16.2. The first-order valence-electron chi connectivity index (χ1n) is 9.18. The first-order chi connectivity index (χ1) is 14.3. The number of anilines is 2. The summed E-state index contributed by atoms with van der Waals surface area (Å²) in [7, 11) is 1.47. The second-order valence-corrected chi connectivity index (χ2v) is 6.60. The molecule has 30 heavy (non-hydrogen) atoms. The van der Waals surface area contributed by atoms with Crippen LogP contribution >= 0.6 is 0 Å². The summed E-state index contributed by atoms with van der Waals surface area (Å²) in [5.74, 6) is -0.526. The van der Waals surface area contributed by atoms with E-state index in [1.807, 2.05) is 0 Å². The maximum absolute atomic E-state index is 13.2. The van der Waals surface area contributed by atoms with Crippen LogP contribution in [0.25, 0.3) is 0 Å². The molecule has 8 nitrogen and oxygen atoms in total. The van der Waals surface area contributed by atoms with Gasteiger partial charge in [-0.15, -0.1) is 0 Å². The molecule has 0 atom stereocenters. The molecule has 1 aromatic carbocycles. The predicted octanol–water partition coefficient (Wildman–Crippen LogP) is 1.88. The van der Waals surface area contributed by atoms with E-state index in [1.54, 1.807) is 4.90 Å². The lowest BCUT2D eigenvalue weighted by Crippen LogP contribution is -2.42. The Morgan fingerprint density at radius 2 is 1.97 bits per heavy atom. The SMILES string of the molecule is COCc1cc(=O)n(CC(=O)Nc2ccccc2C(F)(F)F)c(N2CCOCC2)n1. The average molecular weight is 426 g/mol. The van der Waals surface area contributed by atoms with E-state index in [9.17, 15) is 22.8 Å². The number of para-hydroxylation sites is 1. The molecule has 1 aliphatic rings. The van der Waals surface area contributed by atoms with Crippen LogP contribution in [0, 0.1) is 0 Å². The molecule has 2 aromatic rings. The summed E-state index contributed by atoms with van der Waals surface area (Å²) >= 11 is 0. The van der Waals surface area contributed by atoms with Gasteiger partial charge < -0.3 is 19.7 Å². The van der Waals surface area contributed by atoms with Crippen LogP contribution in [-0.2, 0) is 33.6 Å². The first-order valence-corrected chi connectivity index (χ1v) is 9.18. The van der Waals surface area contributed by atoms with Gasteiger partial charge in [0.25, 0.3) is 5.56 Å². The number of halogens is 3. The molecule has 1 N–H and O–H groups in total. The summed E-state index contributed by atoms with van der Waals surface area (Å²) in [6, 6.07) is 5.90. The number of benzene rings is 1. The van der Waals surface area contributed by atoms with E-state index in [0.717, 1.165) is 16.7 Å². The highest BCUT2D eigenvalue weighted by atomic mass is 19.4. The molecule has 0 unspecified atom stereocenters. The standard InChI is InChI=1S/C19H21F3N4O4/c1-29-12-13-10-17(28)26(18(23-13)25-6-8-30-9-7-25)11-16(27)24-15-5-3-2-4-14(15)19(20,21)22/h2-5,10H,6-9,11-12H2,1H3,(H,24,27). The Morgan fingerprint density at radius 3 is 2.63 bits per heavy atom. The summed E-state index contributed by atoms with van der Waals surface area (Å²) in [6.45, 7) is 1.39. The van der Waals surface area contributed by atoms with Crippen LogP contribution in [0.2, 0.25) is 0 Å². The Bertz CT molecular complexity index is 956. The highest BCUT2D eigenvalue weighted by Crippen LogP contribution is 2.34. The van der Waals surface area contributed by atoms with Crippen molar-refractivity contribution in [1.29, 1.82) is 0 Å². The number of carbonyl (C=O) groups excluding carboxylic acids is 1. The van der Waals surface area contributed by atoms with Crippen LogP contribution in [0.5, 0.6) is 0 Å². The van der Waals surface area contributed by atoms with Gasteiger partial charge in [0, 0.05) is 26.3 Å². The molecule has 2 heterocycles. The Hall–Kier alpha value is -2.92. The molecule has 0 radical (unpaired) electrons. The second-order valence-electron chi connectivity index (χ2n) is 6.60. The van der Waals surface area contributed by atoms with E-state index in [1.165, 1.54) is 25.3 Å². The van der Waals surface area contributed by atoms with Gasteiger partial charge >= 0.3 is 6.18 Å². The lowest BCUT2D eigenvalue weighted by molar-refractivity contribution is -0.137. The topological polar surface area (TPSA) is 85.7 Å². The van der Waals surface area contributed by atoms with E-state index in [0.29, 0.717) is 32.0 Å². The largest absolute Gasteiger partial charge is 0.418 e. The van der Waals surface area contributed by atoms with Crippen molar-refractivity contribution in [1.82, 2.24) is 9.55 Å². The number of hydrogen-bond acceptors (Lipinski definition) is 6. The Labute approximate surface area is 170 Å². The monoisotopic (exact) mass is 426 g/mol. The number of methoxy groups -OCH3 is 1. The van der Waals surface area contributed by atoms with Crippen molar-refractivity contribution in [2.24, 2.45) is 0 Å². The summed E-state index contributed by atoms with van der Waals surface area (Å²) in [6.07, 6.45) is -4.62. The lowest BCUT2D eigenvalue weighted by atomic mass is 10.1. The third kappa shape index (κ3) is 5.16. The number of hydrogen-bond donors (Lipinski definition) is 1. The first kappa shape index (κ1) is 21.8. The molecule has 1 saturated heterocycles. The Balaban J connectivity index is 1.89. The van der Waals surface area contributed by atoms with E-state index in [2.05, 4.69) is 10.3 Å². The molecule has 11 heteroatoms. The molecule has 1 aliphatic heterocycles. The van der Waals surface area contributed by atoms with Crippen LogP contribution in [0.1, 0.15) is 11.3 Å².